The van der Waals surface area contributed by atoms with E-state index in [1.54, 1.807) is 12.0 Å². The van der Waals surface area contributed by atoms with Crippen molar-refractivity contribution in [2.24, 2.45) is 5.92 Å². The Labute approximate surface area is 195 Å². The zero-order chi connectivity index (χ0) is 23.8. The topological polar surface area (TPSA) is 68.5 Å². The van der Waals surface area contributed by atoms with Gasteiger partial charge < -0.3 is 24.1 Å². The monoisotopic (exact) mass is 450 g/mol. The molecule has 33 heavy (non-hydrogen) atoms. The summed E-state index contributed by atoms with van der Waals surface area (Å²) >= 11 is 0. The number of fused-ring (bicyclic) bond motifs is 3. The van der Waals surface area contributed by atoms with Crippen LogP contribution in [0.2, 0.25) is 0 Å². The molecule has 2 aromatic heterocycles. The van der Waals surface area contributed by atoms with Crippen LogP contribution >= 0.6 is 0 Å². The number of hydrogen-bond acceptors (Lipinski definition) is 3. The van der Waals surface area contributed by atoms with Gasteiger partial charge >= 0.3 is 0 Å². The van der Waals surface area contributed by atoms with Gasteiger partial charge in [-0.05, 0) is 50.5 Å². The molecule has 0 unspecified atom stereocenters. The first-order valence-electron chi connectivity index (χ1n) is 11.6. The van der Waals surface area contributed by atoms with E-state index >= 15 is 0 Å². The Balaban J connectivity index is 1.86. The third-order valence-corrected chi connectivity index (χ3v) is 6.58. The zero-order valence-electron chi connectivity index (χ0n) is 20.2. The number of carbonyl (C=O) groups is 2. The van der Waals surface area contributed by atoms with Crippen molar-refractivity contribution in [3.63, 3.8) is 0 Å². The van der Waals surface area contributed by atoms with Crippen LogP contribution in [0.25, 0.3) is 16.6 Å². The van der Waals surface area contributed by atoms with Gasteiger partial charge in [0.25, 0.3) is 5.91 Å². The predicted molar refractivity (Wildman–Crippen MR) is 130 cm³/mol. The van der Waals surface area contributed by atoms with Crippen molar-refractivity contribution >= 4 is 22.7 Å². The van der Waals surface area contributed by atoms with Gasteiger partial charge in [-0.15, -0.1) is 0 Å². The first-order valence-corrected chi connectivity index (χ1v) is 11.6. The lowest BCUT2D eigenvalue weighted by atomic mass is 9.94. The predicted octanol–water partition coefficient (Wildman–Crippen LogP) is 3.76. The smallest absolute Gasteiger partial charge is 0.273 e. The van der Waals surface area contributed by atoms with Gasteiger partial charge in [0, 0.05) is 38.0 Å². The van der Waals surface area contributed by atoms with E-state index in [2.05, 4.69) is 44.3 Å². The number of hydrogen-bond donors (Lipinski definition) is 1. The lowest BCUT2D eigenvalue weighted by molar-refractivity contribution is -0.133. The maximum Gasteiger partial charge on any atom is 0.273 e. The molecule has 0 spiro atoms. The van der Waals surface area contributed by atoms with E-state index in [0.29, 0.717) is 37.9 Å². The molecule has 4 rings (SSSR count). The SMILES string of the molecule is COCCN1C(=O)c2c(-n3cccc3)c3cc(C)ccc3n2C[C@]1(C)C(=O)NCCC(C)C. The highest BCUT2D eigenvalue weighted by Gasteiger charge is 2.48. The number of carbonyl (C=O) groups excluding carboxylic acids is 2. The van der Waals surface area contributed by atoms with Crippen molar-refractivity contribution in [1.29, 1.82) is 0 Å². The average molecular weight is 451 g/mol. The highest BCUT2D eigenvalue weighted by atomic mass is 16.5. The van der Waals surface area contributed by atoms with E-state index in [9.17, 15) is 9.59 Å². The zero-order valence-corrected chi connectivity index (χ0v) is 20.2. The number of amides is 2. The van der Waals surface area contributed by atoms with Gasteiger partial charge in [0.05, 0.1) is 24.4 Å². The fourth-order valence-corrected chi connectivity index (χ4v) is 4.71. The van der Waals surface area contributed by atoms with E-state index in [1.807, 2.05) is 40.6 Å². The van der Waals surface area contributed by atoms with Crippen molar-refractivity contribution in [1.82, 2.24) is 19.4 Å². The fraction of sp³-hybridized carbons (Fsp3) is 0.462. The number of methoxy groups -OCH3 is 1. The van der Waals surface area contributed by atoms with Crippen molar-refractivity contribution in [2.75, 3.05) is 26.8 Å². The van der Waals surface area contributed by atoms with Gasteiger partial charge in [-0.25, -0.2) is 0 Å². The molecule has 1 N–H and O–H groups in total. The minimum Gasteiger partial charge on any atom is -0.383 e. The number of ether oxygens (including phenoxy) is 1. The molecule has 0 radical (unpaired) electrons. The lowest BCUT2D eigenvalue weighted by Gasteiger charge is -2.44. The van der Waals surface area contributed by atoms with Crippen LogP contribution in [0.1, 0.15) is 43.2 Å². The molecule has 3 aromatic rings. The highest BCUT2D eigenvalue weighted by molar-refractivity contribution is 6.09. The van der Waals surface area contributed by atoms with Crippen LogP contribution in [0, 0.1) is 12.8 Å². The molecule has 2 amide bonds. The van der Waals surface area contributed by atoms with Gasteiger partial charge in [0.15, 0.2) is 0 Å². The first-order chi connectivity index (χ1) is 15.8. The van der Waals surface area contributed by atoms with Crippen LogP contribution in [-0.2, 0) is 16.1 Å². The van der Waals surface area contributed by atoms with E-state index in [0.717, 1.165) is 28.6 Å². The lowest BCUT2D eigenvalue weighted by Crippen LogP contribution is -2.64. The molecule has 1 aliphatic heterocycles. The second-order valence-corrected chi connectivity index (χ2v) is 9.56. The molecular weight excluding hydrogens is 416 g/mol. The summed E-state index contributed by atoms with van der Waals surface area (Å²) < 4.78 is 9.32. The average Bonchev–Trinajstić information content (AvgIpc) is 3.39. The Morgan fingerprint density at radius 1 is 1.24 bits per heavy atom. The Kier molecular flexibility index (Phi) is 6.34. The van der Waals surface area contributed by atoms with Crippen LogP contribution < -0.4 is 5.32 Å². The van der Waals surface area contributed by atoms with Gasteiger partial charge in [0.2, 0.25) is 5.91 Å². The molecule has 0 aliphatic carbocycles. The number of nitrogens with zero attached hydrogens (tertiary/aromatic N) is 3. The Hall–Kier alpha value is -3.06. The van der Waals surface area contributed by atoms with Crippen LogP contribution in [-0.4, -0.2) is 58.2 Å². The maximum absolute atomic E-state index is 14.1. The van der Waals surface area contributed by atoms with Crippen molar-refractivity contribution in [3.05, 3.63) is 54.0 Å². The number of nitrogens with one attached hydrogen (secondary N) is 1. The van der Waals surface area contributed by atoms with E-state index in [-0.39, 0.29) is 11.8 Å². The number of aryl methyl sites for hydroxylation is 1. The standard InChI is InChI=1S/C26H34N4O3/c1-18(2)10-11-27-25(32)26(4)17-29-21-9-8-19(3)16-20(21)22(28-12-6-7-13-28)23(29)24(31)30(26)14-15-33-5/h6-9,12-13,16,18H,10-11,14-15,17H2,1-5H3,(H,27,32)/t26-/m1/s1. The molecule has 1 atom stereocenters. The maximum atomic E-state index is 14.1. The Bertz CT molecular complexity index is 1160. The largest absolute Gasteiger partial charge is 0.383 e. The first kappa shape index (κ1) is 23.1. The quantitative estimate of drug-likeness (QED) is 0.568. The summed E-state index contributed by atoms with van der Waals surface area (Å²) in [4.78, 5) is 29.2. The summed E-state index contributed by atoms with van der Waals surface area (Å²) in [5.74, 6) is 0.204. The minimum absolute atomic E-state index is 0.130. The molecule has 176 valence electrons. The summed E-state index contributed by atoms with van der Waals surface area (Å²) in [5.41, 5.74) is 2.52. The molecule has 7 heteroatoms. The summed E-state index contributed by atoms with van der Waals surface area (Å²) in [6.07, 6.45) is 4.80. The number of aromatic nitrogens is 2. The Morgan fingerprint density at radius 3 is 2.64 bits per heavy atom. The second kappa shape index (κ2) is 9.06. The molecular formula is C26H34N4O3. The summed E-state index contributed by atoms with van der Waals surface area (Å²) in [6, 6.07) is 10.1. The van der Waals surface area contributed by atoms with Crippen LogP contribution in [0.15, 0.2) is 42.7 Å². The fourth-order valence-electron chi connectivity index (χ4n) is 4.71. The highest BCUT2D eigenvalue weighted by Crippen LogP contribution is 2.38. The second-order valence-electron chi connectivity index (χ2n) is 9.56. The molecule has 7 nitrogen and oxygen atoms in total. The molecule has 1 aromatic carbocycles. The molecule has 0 bridgehead atoms. The van der Waals surface area contributed by atoms with E-state index in [1.165, 1.54) is 0 Å². The Morgan fingerprint density at radius 2 is 1.97 bits per heavy atom. The van der Waals surface area contributed by atoms with Crippen LogP contribution in [0.5, 0.6) is 0 Å². The molecule has 0 saturated carbocycles. The summed E-state index contributed by atoms with van der Waals surface area (Å²) in [5, 5.41) is 4.09. The molecule has 1 aliphatic rings. The minimum atomic E-state index is -1.02. The molecule has 0 fully saturated rings. The van der Waals surface area contributed by atoms with E-state index in [4.69, 9.17) is 4.74 Å². The van der Waals surface area contributed by atoms with Crippen LogP contribution in [0.4, 0.5) is 0 Å². The summed E-state index contributed by atoms with van der Waals surface area (Å²) in [7, 11) is 1.61. The number of rotatable bonds is 8. The molecule has 0 saturated heterocycles. The van der Waals surface area contributed by atoms with E-state index < -0.39 is 5.54 Å². The van der Waals surface area contributed by atoms with Gasteiger partial charge in [0.1, 0.15) is 11.2 Å². The van der Waals surface area contributed by atoms with Crippen molar-refractivity contribution in [3.8, 4) is 5.69 Å². The third kappa shape index (κ3) is 4.06. The third-order valence-electron chi connectivity index (χ3n) is 6.58. The number of benzene rings is 1. The van der Waals surface area contributed by atoms with Gasteiger partial charge in [-0.1, -0.05) is 25.5 Å². The van der Waals surface area contributed by atoms with Crippen molar-refractivity contribution in [2.45, 2.75) is 46.2 Å². The van der Waals surface area contributed by atoms with Crippen molar-refractivity contribution < 1.29 is 14.3 Å². The summed E-state index contributed by atoms with van der Waals surface area (Å²) in [6.45, 7) is 9.85. The van der Waals surface area contributed by atoms with Gasteiger partial charge in [-0.2, -0.15) is 0 Å². The normalized spacial score (nSPS) is 18.2. The van der Waals surface area contributed by atoms with Gasteiger partial charge in [-0.3, -0.25) is 9.59 Å². The van der Waals surface area contributed by atoms with Crippen LogP contribution in [0.3, 0.4) is 0 Å². The molecule has 3 heterocycles.